The van der Waals surface area contributed by atoms with E-state index in [0.717, 1.165) is 48.6 Å². The SMILES string of the molecule is CCC(=O)NC1CCN(c2nc(N)nc(C)c2C#Cc2ccc(N)nc2)CC1. The first-order valence-electron chi connectivity index (χ1n) is 9.38. The quantitative estimate of drug-likeness (QED) is 0.686. The van der Waals surface area contributed by atoms with Crippen molar-refractivity contribution in [1.82, 2.24) is 20.3 Å². The van der Waals surface area contributed by atoms with Crippen LogP contribution in [0.2, 0.25) is 0 Å². The summed E-state index contributed by atoms with van der Waals surface area (Å²) >= 11 is 0. The molecule has 8 nitrogen and oxygen atoms in total. The van der Waals surface area contributed by atoms with Gasteiger partial charge in [0.25, 0.3) is 0 Å². The molecule has 1 aliphatic rings. The molecule has 0 unspecified atom stereocenters. The van der Waals surface area contributed by atoms with Crippen LogP contribution in [0.25, 0.3) is 0 Å². The number of anilines is 3. The van der Waals surface area contributed by atoms with Gasteiger partial charge < -0.3 is 21.7 Å². The first kappa shape index (κ1) is 19.4. The predicted molar refractivity (Wildman–Crippen MR) is 109 cm³/mol. The highest BCUT2D eigenvalue weighted by Gasteiger charge is 2.24. The fourth-order valence-electron chi connectivity index (χ4n) is 3.13. The van der Waals surface area contributed by atoms with Crippen molar-refractivity contribution in [2.45, 2.75) is 39.2 Å². The molecule has 1 fully saturated rings. The van der Waals surface area contributed by atoms with Crippen LogP contribution in [0, 0.1) is 18.8 Å². The number of rotatable bonds is 3. The summed E-state index contributed by atoms with van der Waals surface area (Å²) in [5.41, 5.74) is 13.8. The third-order valence-electron chi connectivity index (χ3n) is 4.69. The minimum absolute atomic E-state index is 0.0873. The van der Waals surface area contributed by atoms with Gasteiger partial charge in [-0.05, 0) is 31.9 Å². The van der Waals surface area contributed by atoms with E-state index in [1.165, 1.54) is 0 Å². The number of carbonyl (C=O) groups excluding carboxylic acids is 1. The first-order chi connectivity index (χ1) is 13.5. The van der Waals surface area contributed by atoms with Crippen LogP contribution in [-0.4, -0.2) is 40.0 Å². The Balaban J connectivity index is 1.82. The summed E-state index contributed by atoms with van der Waals surface area (Å²) in [6, 6.07) is 3.73. The summed E-state index contributed by atoms with van der Waals surface area (Å²) in [6.45, 7) is 5.27. The number of piperidine rings is 1. The second-order valence-corrected chi connectivity index (χ2v) is 6.77. The van der Waals surface area contributed by atoms with Crippen LogP contribution in [-0.2, 0) is 4.79 Å². The van der Waals surface area contributed by atoms with Gasteiger partial charge in [-0.1, -0.05) is 18.8 Å². The Morgan fingerprint density at radius 3 is 2.64 bits per heavy atom. The summed E-state index contributed by atoms with van der Waals surface area (Å²) in [4.78, 5) is 26.6. The normalized spacial score (nSPS) is 14.3. The van der Waals surface area contributed by atoms with Crippen molar-refractivity contribution in [1.29, 1.82) is 0 Å². The van der Waals surface area contributed by atoms with Crippen molar-refractivity contribution in [2.75, 3.05) is 29.5 Å². The lowest BCUT2D eigenvalue weighted by Gasteiger charge is -2.33. The molecule has 1 aliphatic heterocycles. The third-order valence-corrected chi connectivity index (χ3v) is 4.69. The molecule has 0 radical (unpaired) electrons. The fraction of sp³-hybridized carbons (Fsp3) is 0.400. The molecule has 2 aromatic rings. The van der Waals surface area contributed by atoms with E-state index in [9.17, 15) is 4.79 Å². The van der Waals surface area contributed by atoms with Gasteiger partial charge in [0.1, 0.15) is 11.6 Å². The molecule has 5 N–H and O–H groups in total. The van der Waals surface area contributed by atoms with Crippen LogP contribution in [0.1, 0.15) is 43.0 Å². The number of amides is 1. The van der Waals surface area contributed by atoms with Crippen LogP contribution in [0.5, 0.6) is 0 Å². The van der Waals surface area contributed by atoms with Gasteiger partial charge in [0.15, 0.2) is 0 Å². The molecular formula is C20H25N7O. The van der Waals surface area contributed by atoms with Gasteiger partial charge in [-0.15, -0.1) is 0 Å². The highest BCUT2D eigenvalue weighted by molar-refractivity contribution is 5.75. The van der Waals surface area contributed by atoms with E-state index in [-0.39, 0.29) is 17.9 Å². The second kappa shape index (κ2) is 8.57. The summed E-state index contributed by atoms with van der Waals surface area (Å²) < 4.78 is 0. The Bertz CT molecular complexity index is 907. The maximum atomic E-state index is 11.6. The highest BCUT2D eigenvalue weighted by Crippen LogP contribution is 2.24. The molecule has 0 aromatic carbocycles. The smallest absolute Gasteiger partial charge is 0.222 e. The topological polar surface area (TPSA) is 123 Å². The monoisotopic (exact) mass is 379 g/mol. The number of nitrogens with zero attached hydrogens (tertiary/aromatic N) is 4. The molecule has 0 spiro atoms. The number of aryl methyl sites for hydroxylation is 1. The number of hydrogen-bond donors (Lipinski definition) is 3. The van der Waals surface area contributed by atoms with Gasteiger partial charge in [-0.3, -0.25) is 4.79 Å². The molecule has 1 saturated heterocycles. The number of hydrogen-bond acceptors (Lipinski definition) is 7. The molecule has 0 bridgehead atoms. The molecule has 0 saturated carbocycles. The van der Waals surface area contributed by atoms with E-state index in [1.807, 2.05) is 19.9 Å². The van der Waals surface area contributed by atoms with Crippen molar-refractivity contribution in [3.8, 4) is 11.8 Å². The van der Waals surface area contributed by atoms with Crippen LogP contribution >= 0.6 is 0 Å². The number of pyridine rings is 1. The zero-order chi connectivity index (χ0) is 20.1. The maximum absolute atomic E-state index is 11.6. The van der Waals surface area contributed by atoms with Crippen molar-refractivity contribution in [2.24, 2.45) is 0 Å². The van der Waals surface area contributed by atoms with Gasteiger partial charge in [0.2, 0.25) is 11.9 Å². The minimum Gasteiger partial charge on any atom is -0.384 e. The third kappa shape index (κ3) is 4.68. The highest BCUT2D eigenvalue weighted by atomic mass is 16.1. The van der Waals surface area contributed by atoms with Crippen LogP contribution in [0.15, 0.2) is 18.3 Å². The average molecular weight is 379 g/mol. The number of aromatic nitrogens is 3. The summed E-state index contributed by atoms with van der Waals surface area (Å²) in [5, 5.41) is 3.06. The Hall–Kier alpha value is -3.34. The number of nitrogens with one attached hydrogen (secondary N) is 1. The lowest BCUT2D eigenvalue weighted by Crippen LogP contribution is -2.45. The molecule has 3 heterocycles. The van der Waals surface area contributed by atoms with Crippen molar-refractivity contribution >= 4 is 23.5 Å². The predicted octanol–water partition coefficient (Wildman–Crippen LogP) is 1.24. The van der Waals surface area contributed by atoms with E-state index < -0.39 is 0 Å². The van der Waals surface area contributed by atoms with Crippen LogP contribution < -0.4 is 21.7 Å². The molecule has 1 amide bonds. The van der Waals surface area contributed by atoms with E-state index in [0.29, 0.717) is 12.2 Å². The second-order valence-electron chi connectivity index (χ2n) is 6.77. The number of nitrogens with two attached hydrogens (primary N) is 2. The van der Waals surface area contributed by atoms with Crippen molar-refractivity contribution in [3.05, 3.63) is 35.2 Å². The van der Waals surface area contributed by atoms with Crippen LogP contribution in [0.3, 0.4) is 0 Å². The fourth-order valence-corrected chi connectivity index (χ4v) is 3.13. The molecule has 0 atom stereocenters. The summed E-state index contributed by atoms with van der Waals surface area (Å²) in [7, 11) is 0. The molecule has 146 valence electrons. The lowest BCUT2D eigenvalue weighted by molar-refractivity contribution is -0.121. The first-order valence-corrected chi connectivity index (χ1v) is 9.38. The molecular weight excluding hydrogens is 354 g/mol. The standard InChI is InChI=1S/C20H25N7O/c1-3-18(28)25-15-8-10-27(11-9-15)19-16(13(2)24-20(22)26-19)6-4-14-5-7-17(21)23-12-14/h5,7,12,15H,3,8-11H2,1-2H3,(H2,21,23)(H,25,28)(H2,22,24,26). The van der Waals surface area contributed by atoms with Gasteiger partial charge >= 0.3 is 0 Å². The molecule has 28 heavy (non-hydrogen) atoms. The molecule has 0 aliphatic carbocycles. The van der Waals surface area contributed by atoms with Gasteiger partial charge in [-0.2, -0.15) is 4.98 Å². The Labute approximate surface area is 164 Å². The molecule has 3 rings (SSSR count). The summed E-state index contributed by atoms with van der Waals surface area (Å²) in [6.07, 6.45) is 3.84. The largest absolute Gasteiger partial charge is 0.384 e. The Morgan fingerprint density at radius 1 is 1.25 bits per heavy atom. The maximum Gasteiger partial charge on any atom is 0.222 e. The molecule has 2 aromatic heterocycles. The number of carbonyl (C=O) groups is 1. The van der Waals surface area contributed by atoms with Gasteiger partial charge in [-0.25, -0.2) is 9.97 Å². The van der Waals surface area contributed by atoms with Gasteiger partial charge in [0.05, 0.1) is 11.3 Å². The van der Waals surface area contributed by atoms with Crippen LogP contribution in [0.4, 0.5) is 17.6 Å². The van der Waals surface area contributed by atoms with E-state index >= 15 is 0 Å². The lowest BCUT2D eigenvalue weighted by atomic mass is 10.0. The Kier molecular flexibility index (Phi) is 5.94. The number of nitrogen functional groups attached to an aromatic ring is 2. The van der Waals surface area contributed by atoms with E-state index in [4.69, 9.17) is 11.5 Å². The van der Waals surface area contributed by atoms with E-state index in [2.05, 4.69) is 37.0 Å². The summed E-state index contributed by atoms with van der Waals surface area (Å²) in [5.74, 6) is 7.78. The average Bonchev–Trinajstić information content (AvgIpc) is 2.68. The van der Waals surface area contributed by atoms with Crippen molar-refractivity contribution < 1.29 is 4.79 Å². The molecule has 8 heteroatoms. The minimum atomic E-state index is 0.0873. The van der Waals surface area contributed by atoms with Gasteiger partial charge in [0, 0.05) is 37.3 Å². The van der Waals surface area contributed by atoms with E-state index in [1.54, 1.807) is 12.3 Å². The zero-order valence-electron chi connectivity index (χ0n) is 16.2. The Morgan fingerprint density at radius 2 is 2.00 bits per heavy atom. The van der Waals surface area contributed by atoms with Crippen molar-refractivity contribution in [3.63, 3.8) is 0 Å². The zero-order valence-corrected chi connectivity index (χ0v) is 16.2.